The Morgan fingerprint density at radius 3 is 2.45 bits per heavy atom. The molecule has 0 aliphatic rings. The number of carbonyl (C=O) groups excluding carboxylic acids is 1. The molecule has 0 spiro atoms. The van der Waals surface area contributed by atoms with Gasteiger partial charge in [-0.1, -0.05) is 19.8 Å². The molecule has 6 heteroatoms. The SMILES string of the molecule is CCCCCCl.Cn1cnc(NC(=O)OC(C)(C)C)c1. The van der Waals surface area contributed by atoms with Crippen LogP contribution in [0.1, 0.15) is 47.0 Å². The van der Waals surface area contributed by atoms with E-state index in [1.165, 1.54) is 19.3 Å². The van der Waals surface area contributed by atoms with Gasteiger partial charge in [-0.3, -0.25) is 5.32 Å². The zero-order chi connectivity index (χ0) is 15.6. The second kappa shape index (κ2) is 9.64. The fraction of sp³-hybridized carbons (Fsp3) is 0.714. The first-order valence-corrected chi connectivity index (χ1v) is 7.36. The van der Waals surface area contributed by atoms with Crippen LogP contribution in [-0.2, 0) is 11.8 Å². The first kappa shape index (κ1) is 18.8. The van der Waals surface area contributed by atoms with Crippen molar-refractivity contribution in [1.82, 2.24) is 9.55 Å². The van der Waals surface area contributed by atoms with Crippen LogP contribution in [0.2, 0.25) is 0 Å². The lowest BCUT2D eigenvalue weighted by molar-refractivity contribution is 0.0635. The number of hydrogen-bond donors (Lipinski definition) is 1. The molecule has 0 atom stereocenters. The third kappa shape index (κ3) is 10.7. The number of amides is 1. The molecule has 1 N–H and O–H groups in total. The molecular weight excluding hydrogens is 278 g/mol. The normalized spacial score (nSPS) is 10.5. The average molecular weight is 304 g/mol. The fourth-order valence-electron chi connectivity index (χ4n) is 1.23. The Kier molecular flexibility index (Phi) is 9.05. The molecule has 0 fully saturated rings. The van der Waals surface area contributed by atoms with Gasteiger partial charge < -0.3 is 9.30 Å². The lowest BCUT2D eigenvalue weighted by atomic mass is 10.2. The van der Waals surface area contributed by atoms with Crippen molar-refractivity contribution in [2.75, 3.05) is 11.2 Å². The fourth-order valence-corrected chi connectivity index (χ4v) is 1.42. The summed E-state index contributed by atoms with van der Waals surface area (Å²) in [5.41, 5.74) is -0.487. The molecule has 0 unspecified atom stereocenters. The minimum Gasteiger partial charge on any atom is -0.444 e. The van der Waals surface area contributed by atoms with Gasteiger partial charge in [0.05, 0.1) is 6.33 Å². The molecular formula is C14H26ClN3O2. The Morgan fingerprint density at radius 2 is 2.10 bits per heavy atom. The molecule has 1 aromatic heterocycles. The summed E-state index contributed by atoms with van der Waals surface area (Å²) in [4.78, 5) is 15.2. The first-order valence-electron chi connectivity index (χ1n) is 6.82. The van der Waals surface area contributed by atoms with Crippen LogP contribution in [0, 0.1) is 0 Å². The summed E-state index contributed by atoms with van der Waals surface area (Å²) < 4.78 is 6.79. The van der Waals surface area contributed by atoms with Crippen LogP contribution in [0.4, 0.5) is 10.6 Å². The number of anilines is 1. The number of aromatic nitrogens is 2. The van der Waals surface area contributed by atoms with Crippen molar-refractivity contribution >= 4 is 23.5 Å². The lowest BCUT2D eigenvalue weighted by Crippen LogP contribution is -2.27. The zero-order valence-corrected chi connectivity index (χ0v) is 13.8. The van der Waals surface area contributed by atoms with Crippen molar-refractivity contribution in [1.29, 1.82) is 0 Å². The van der Waals surface area contributed by atoms with Crippen molar-refractivity contribution in [2.45, 2.75) is 52.6 Å². The van der Waals surface area contributed by atoms with Crippen LogP contribution in [0.5, 0.6) is 0 Å². The second-order valence-corrected chi connectivity index (χ2v) is 5.83. The largest absolute Gasteiger partial charge is 0.444 e. The van der Waals surface area contributed by atoms with Gasteiger partial charge >= 0.3 is 6.09 Å². The molecule has 1 amide bonds. The molecule has 0 aliphatic carbocycles. The number of alkyl halides is 1. The number of nitrogens with zero attached hydrogens (tertiary/aromatic N) is 2. The van der Waals surface area contributed by atoms with Gasteiger partial charge in [0.1, 0.15) is 5.60 Å². The molecule has 5 nitrogen and oxygen atoms in total. The molecule has 0 aromatic carbocycles. The summed E-state index contributed by atoms with van der Waals surface area (Å²) in [7, 11) is 1.83. The van der Waals surface area contributed by atoms with E-state index in [0.717, 1.165) is 5.88 Å². The average Bonchev–Trinajstić information content (AvgIpc) is 2.70. The van der Waals surface area contributed by atoms with Gasteiger partial charge in [-0.25, -0.2) is 9.78 Å². The number of aryl methyl sites for hydroxylation is 1. The number of carbonyl (C=O) groups is 1. The Labute approximate surface area is 126 Å². The van der Waals surface area contributed by atoms with Crippen LogP contribution in [-0.4, -0.2) is 27.1 Å². The summed E-state index contributed by atoms with van der Waals surface area (Å²) in [6.07, 6.45) is 6.54. The summed E-state index contributed by atoms with van der Waals surface area (Å²) in [6.45, 7) is 7.60. The number of unbranched alkanes of at least 4 members (excludes halogenated alkanes) is 2. The Bertz CT molecular complexity index is 382. The van der Waals surface area contributed by atoms with Crippen molar-refractivity contribution < 1.29 is 9.53 Å². The number of nitrogens with one attached hydrogen (secondary N) is 1. The number of rotatable bonds is 4. The van der Waals surface area contributed by atoms with E-state index in [4.69, 9.17) is 16.3 Å². The molecule has 0 bridgehead atoms. The van der Waals surface area contributed by atoms with E-state index in [2.05, 4.69) is 17.2 Å². The summed E-state index contributed by atoms with van der Waals surface area (Å²) in [5, 5.41) is 2.53. The Hall–Kier alpha value is -1.23. The van der Waals surface area contributed by atoms with Gasteiger partial charge in [0.25, 0.3) is 0 Å². The standard InChI is InChI=1S/C9H15N3O2.C5H11Cl/c1-9(2,3)14-8(13)11-7-5-12(4)6-10-7;1-2-3-4-5-6/h5-6H,1-4H3,(H,11,13);2-5H2,1H3. The maximum atomic E-state index is 11.3. The Balaban J connectivity index is 0.000000511. The second-order valence-electron chi connectivity index (χ2n) is 5.45. The summed E-state index contributed by atoms with van der Waals surface area (Å²) in [5.74, 6) is 1.31. The lowest BCUT2D eigenvalue weighted by Gasteiger charge is -2.18. The van der Waals surface area contributed by atoms with Crippen LogP contribution >= 0.6 is 11.6 Å². The maximum Gasteiger partial charge on any atom is 0.413 e. The van der Waals surface area contributed by atoms with Gasteiger partial charge in [-0.2, -0.15) is 0 Å². The number of halogens is 1. The number of ether oxygens (including phenoxy) is 1. The molecule has 0 aliphatic heterocycles. The predicted molar refractivity (Wildman–Crippen MR) is 83.3 cm³/mol. The van der Waals surface area contributed by atoms with E-state index in [0.29, 0.717) is 5.82 Å². The number of imidazole rings is 1. The van der Waals surface area contributed by atoms with E-state index >= 15 is 0 Å². The molecule has 0 radical (unpaired) electrons. The van der Waals surface area contributed by atoms with Crippen molar-refractivity contribution in [2.24, 2.45) is 7.05 Å². The van der Waals surface area contributed by atoms with E-state index in [1.54, 1.807) is 17.1 Å². The molecule has 1 aromatic rings. The number of hydrogen-bond acceptors (Lipinski definition) is 3. The van der Waals surface area contributed by atoms with E-state index in [1.807, 2.05) is 27.8 Å². The van der Waals surface area contributed by atoms with Crippen LogP contribution < -0.4 is 5.32 Å². The van der Waals surface area contributed by atoms with Gasteiger partial charge in [0.2, 0.25) is 0 Å². The minimum atomic E-state index is -0.490. The molecule has 1 rings (SSSR count). The monoisotopic (exact) mass is 303 g/mol. The predicted octanol–water partition coefficient (Wildman–Crippen LogP) is 4.18. The van der Waals surface area contributed by atoms with Crippen molar-refractivity contribution in [3.8, 4) is 0 Å². The van der Waals surface area contributed by atoms with Gasteiger partial charge in [-0.05, 0) is 27.2 Å². The molecule has 0 saturated carbocycles. The molecule has 116 valence electrons. The van der Waals surface area contributed by atoms with E-state index in [9.17, 15) is 4.79 Å². The highest BCUT2D eigenvalue weighted by Gasteiger charge is 2.16. The Morgan fingerprint density at radius 1 is 1.45 bits per heavy atom. The van der Waals surface area contributed by atoms with Crippen molar-refractivity contribution in [3.63, 3.8) is 0 Å². The van der Waals surface area contributed by atoms with Gasteiger partial charge in [0.15, 0.2) is 5.82 Å². The smallest absolute Gasteiger partial charge is 0.413 e. The topological polar surface area (TPSA) is 56.2 Å². The highest BCUT2D eigenvalue weighted by atomic mass is 35.5. The van der Waals surface area contributed by atoms with Crippen LogP contribution in [0.3, 0.4) is 0 Å². The van der Waals surface area contributed by atoms with Gasteiger partial charge in [0, 0.05) is 19.1 Å². The van der Waals surface area contributed by atoms with E-state index < -0.39 is 11.7 Å². The molecule has 1 heterocycles. The van der Waals surface area contributed by atoms with Gasteiger partial charge in [-0.15, -0.1) is 11.6 Å². The third-order valence-electron chi connectivity index (χ3n) is 2.07. The van der Waals surface area contributed by atoms with E-state index in [-0.39, 0.29) is 0 Å². The van der Waals surface area contributed by atoms with Crippen LogP contribution in [0.25, 0.3) is 0 Å². The highest BCUT2D eigenvalue weighted by molar-refractivity contribution is 6.17. The summed E-state index contributed by atoms with van der Waals surface area (Å²) in [6, 6.07) is 0. The first-order chi connectivity index (χ1) is 9.28. The highest BCUT2D eigenvalue weighted by Crippen LogP contribution is 2.09. The van der Waals surface area contributed by atoms with Crippen molar-refractivity contribution in [3.05, 3.63) is 12.5 Å². The zero-order valence-electron chi connectivity index (χ0n) is 13.1. The third-order valence-corrected chi connectivity index (χ3v) is 2.34. The van der Waals surface area contributed by atoms with Crippen LogP contribution in [0.15, 0.2) is 12.5 Å². The quantitative estimate of drug-likeness (QED) is 0.670. The molecule has 0 saturated heterocycles. The molecule has 20 heavy (non-hydrogen) atoms. The summed E-state index contributed by atoms with van der Waals surface area (Å²) >= 11 is 5.38. The maximum absolute atomic E-state index is 11.3. The minimum absolute atomic E-state index is 0.487.